The highest BCUT2D eigenvalue weighted by atomic mass is 35.5. The van der Waals surface area contributed by atoms with E-state index in [4.69, 9.17) is 52.1 Å². The smallest absolute Gasteiger partial charge is 0.416 e. The molecule has 0 aliphatic heterocycles. The second-order valence-corrected chi connectivity index (χ2v) is 9.48. The van der Waals surface area contributed by atoms with Crippen molar-refractivity contribution in [1.82, 2.24) is 9.78 Å². The molecule has 0 saturated carbocycles. The average Bonchev–Trinajstić information content (AvgIpc) is 3.00. The molecule has 13 heteroatoms. The number of alkyl halides is 3. The normalized spacial score (nSPS) is 13.5. The SMILES string of the molecule is CC(=Nc1ccc(Cl)cc1Cl)c1nn(-c2c(Cl)cc(C(F)(F)F)cc2Cl)c(N)c1[S+](C)[O-]. The monoisotopic (exact) mass is 542 g/mol. The third-order valence-electron chi connectivity index (χ3n) is 4.26. The molecule has 170 valence electrons. The molecule has 1 aromatic heterocycles. The maximum atomic E-state index is 13.1. The van der Waals surface area contributed by atoms with Gasteiger partial charge in [0.2, 0.25) is 4.90 Å². The predicted octanol–water partition coefficient (Wildman–Crippen LogP) is 6.97. The van der Waals surface area contributed by atoms with E-state index in [9.17, 15) is 17.7 Å². The van der Waals surface area contributed by atoms with Gasteiger partial charge in [0.25, 0.3) is 0 Å². The van der Waals surface area contributed by atoms with Crippen LogP contribution in [-0.2, 0) is 17.4 Å². The van der Waals surface area contributed by atoms with Crippen LogP contribution < -0.4 is 5.73 Å². The van der Waals surface area contributed by atoms with E-state index in [1.165, 1.54) is 12.3 Å². The summed E-state index contributed by atoms with van der Waals surface area (Å²) in [5, 5.41) is 4.32. The van der Waals surface area contributed by atoms with Crippen molar-refractivity contribution in [2.45, 2.75) is 18.0 Å². The topological polar surface area (TPSA) is 79.3 Å². The molecule has 32 heavy (non-hydrogen) atoms. The van der Waals surface area contributed by atoms with Gasteiger partial charge in [-0.05, 0) is 48.4 Å². The number of nitrogens with two attached hydrogens (primary N) is 1. The zero-order chi connectivity index (χ0) is 24.0. The van der Waals surface area contributed by atoms with E-state index in [0.29, 0.717) is 28.6 Å². The van der Waals surface area contributed by atoms with Crippen LogP contribution in [0.4, 0.5) is 24.7 Å². The Morgan fingerprint density at radius 1 is 1.09 bits per heavy atom. The van der Waals surface area contributed by atoms with E-state index in [2.05, 4.69) is 10.1 Å². The van der Waals surface area contributed by atoms with E-state index in [-0.39, 0.29) is 37.2 Å². The molecule has 0 amide bonds. The van der Waals surface area contributed by atoms with Gasteiger partial charge in [-0.25, -0.2) is 9.67 Å². The summed E-state index contributed by atoms with van der Waals surface area (Å²) in [5.74, 6) is -0.110. The third kappa shape index (κ3) is 4.98. The zero-order valence-corrected chi connectivity index (χ0v) is 20.1. The van der Waals surface area contributed by atoms with Crippen molar-refractivity contribution >= 4 is 74.8 Å². The number of nitrogen functional groups attached to an aromatic ring is 1. The number of aromatic nitrogens is 2. The molecule has 5 nitrogen and oxygen atoms in total. The summed E-state index contributed by atoms with van der Waals surface area (Å²) in [5.41, 5.74) is 5.84. The first-order valence-electron chi connectivity index (χ1n) is 8.60. The van der Waals surface area contributed by atoms with Gasteiger partial charge < -0.3 is 10.3 Å². The van der Waals surface area contributed by atoms with E-state index < -0.39 is 22.9 Å². The lowest BCUT2D eigenvalue weighted by atomic mass is 10.2. The van der Waals surface area contributed by atoms with E-state index in [0.717, 1.165) is 4.68 Å². The highest BCUT2D eigenvalue weighted by Crippen LogP contribution is 2.39. The molecule has 0 aliphatic carbocycles. The van der Waals surface area contributed by atoms with Crippen molar-refractivity contribution < 1.29 is 17.7 Å². The van der Waals surface area contributed by atoms with Crippen molar-refractivity contribution in [3.05, 3.63) is 61.7 Å². The van der Waals surface area contributed by atoms with Gasteiger partial charge in [-0.1, -0.05) is 46.4 Å². The number of nitrogens with zero attached hydrogens (tertiary/aromatic N) is 3. The molecule has 0 fully saturated rings. The van der Waals surface area contributed by atoms with E-state index in [1.54, 1.807) is 19.1 Å². The molecule has 0 aliphatic rings. The van der Waals surface area contributed by atoms with Crippen LogP contribution >= 0.6 is 46.4 Å². The molecule has 0 saturated heterocycles. The fourth-order valence-electron chi connectivity index (χ4n) is 2.84. The minimum absolute atomic E-state index is 0.0888. The van der Waals surface area contributed by atoms with Crippen LogP contribution in [0.25, 0.3) is 5.69 Å². The molecule has 3 aromatic rings. The van der Waals surface area contributed by atoms with Gasteiger partial charge in [-0.15, -0.1) is 0 Å². The Morgan fingerprint density at radius 2 is 1.69 bits per heavy atom. The molecule has 2 N–H and O–H groups in total. The zero-order valence-electron chi connectivity index (χ0n) is 16.3. The molecule has 1 heterocycles. The second kappa shape index (κ2) is 9.32. The summed E-state index contributed by atoms with van der Waals surface area (Å²) < 4.78 is 52.7. The molecule has 0 bridgehead atoms. The molecule has 3 rings (SSSR count). The Labute approximate surface area is 204 Å². The van der Waals surface area contributed by atoms with E-state index in [1.807, 2.05) is 0 Å². The molecule has 0 radical (unpaired) electrons. The van der Waals surface area contributed by atoms with Crippen molar-refractivity contribution in [2.24, 2.45) is 4.99 Å². The lowest BCUT2D eigenvalue weighted by molar-refractivity contribution is -0.137. The van der Waals surface area contributed by atoms with Crippen LogP contribution in [0.1, 0.15) is 18.2 Å². The van der Waals surface area contributed by atoms with Crippen LogP contribution in [-0.4, -0.2) is 26.3 Å². The number of benzene rings is 2. The summed E-state index contributed by atoms with van der Waals surface area (Å²) in [4.78, 5) is 4.51. The standard InChI is InChI=1S/C19H13Cl4F3N4OS/c1-8(28-14-4-3-10(20)7-11(14)21)15-17(32(2)31)18(27)30(29-15)16-12(22)5-9(6-13(16)23)19(24,25)26/h3-7H,27H2,1-2H3. The van der Waals surface area contributed by atoms with Gasteiger partial charge in [0, 0.05) is 5.02 Å². The number of hydrogen-bond acceptors (Lipinski definition) is 4. The van der Waals surface area contributed by atoms with Gasteiger partial charge in [-0.2, -0.15) is 18.3 Å². The lowest BCUT2D eigenvalue weighted by Gasteiger charge is -2.13. The number of hydrogen-bond donors (Lipinski definition) is 1. The van der Waals surface area contributed by atoms with Crippen LogP contribution in [0.15, 0.2) is 40.2 Å². The Hall–Kier alpha value is -1.62. The van der Waals surface area contributed by atoms with E-state index >= 15 is 0 Å². The first-order valence-corrected chi connectivity index (χ1v) is 11.7. The Bertz CT molecular complexity index is 1210. The Morgan fingerprint density at radius 3 is 2.19 bits per heavy atom. The van der Waals surface area contributed by atoms with Gasteiger partial charge in [0.05, 0.1) is 32.0 Å². The van der Waals surface area contributed by atoms with Gasteiger partial charge >= 0.3 is 6.18 Å². The van der Waals surface area contributed by atoms with Crippen LogP contribution in [0.3, 0.4) is 0 Å². The fourth-order valence-corrected chi connectivity index (χ4v) is 4.78. The molecular weight excluding hydrogens is 531 g/mol. The van der Waals surface area contributed by atoms with Crippen LogP contribution in [0, 0.1) is 0 Å². The van der Waals surface area contributed by atoms with Crippen LogP contribution in [0.2, 0.25) is 20.1 Å². The fraction of sp³-hybridized carbons (Fsp3) is 0.158. The number of halogens is 7. The summed E-state index contributed by atoms with van der Waals surface area (Å²) in [6, 6.07) is 6.10. The quantitative estimate of drug-likeness (QED) is 0.285. The highest BCUT2D eigenvalue weighted by Gasteiger charge is 2.34. The molecule has 0 spiro atoms. The minimum atomic E-state index is -4.65. The van der Waals surface area contributed by atoms with Crippen molar-refractivity contribution in [2.75, 3.05) is 12.0 Å². The second-order valence-electron chi connectivity index (χ2n) is 6.51. The first kappa shape index (κ1) is 25.0. The maximum Gasteiger partial charge on any atom is 0.416 e. The summed E-state index contributed by atoms with van der Waals surface area (Å²) in [6.07, 6.45) is -3.27. The van der Waals surface area contributed by atoms with Gasteiger partial charge in [-0.3, -0.25) is 0 Å². The lowest BCUT2D eigenvalue weighted by Crippen LogP contribution is -2.09. The summed E-state index contributed by atoms with van der Waals surface area (Å²) in [6.45, 7) is 1.59. The number of rotatable bonds is 4. The maximum absolute atomic E-state index is 13.1. The molecule has 1 unspecified atom stereocenters. The number of anilines is 1. The van der Waals surface area contributed by atoms with Crippen molar-refractivity contribution in [1.29, 1.82) is 0 Å². The van der Waals surface area contributed by atoms with Crippen LogP contribution in [0.5, 0.6) is 0 Å². The largest absolute Gasteiger partial charge is 0.611 e. The van der Waals surface area contributed by atoms with Crippen molar-refractivity contribution in [3.8, 4) is 5.69 Å². The Balaban J connectivity index is 2.20. The third-order valence-corrected chi connectivity index (χ3v) is 6.35. The highest BCUT2D eigenvalue weighted by molar-refractivity contribution is 7.91. The average molecular weight is 544 g/mol. The van der Waals surface area contributed by atoms with Crippen molar-refractivity contribution in [3.63, 3.8) is 0 Å². The predicted molar refractivity (Wildman–Crippen MR) is 124 cm³/mol. The molecule has 1 atom stereocenters. The van der Waals surface area contributed by atoms with Gasteiger partial charge in [0.15, 0.2) is 11.5 Å². The van der Waals surface area contributed by atoms with Gasteiger partial charge in [0.1, 0.15) is 11.9 Å². The summed E-state index contributed by atoms with van der Waals surface area (Å²) in [7, 11) is 0. The first-order chi connectivity index (χ1) is 14.8. The molecule has 2 aromatic carbocycles. The number of aliphatic imine (C=N–C) groups is 1. The Kier molecular flexibility index (Phi) is 7.29. The summed E-state index contributed by atoms with van der Waals surface area (Å²) >= 11 is 22.6. The molecular formula is C19H13Cl4F3N4OS. The minimum Gasteiger partial charge on any atom is -0.611 e.